The van der Waals surface area contributed by atoms with Crippen LogP contribution in [0, 0.1) is 19.8 Å². The van der Waals surface area contributed by atoms with Crippen LogP contribution in [-0.2, 0) is 11.2 Å². The van der Waals surface area contributed by atoms with Gasteiger partial charge in [0.2, 0.25) is 5.78 Å². The standard InChI is InChI=1S/C27H32N4O6/c1-12-5-6-15-13(2)16-11-17-21(28)24(34)18(14(3)29-31-9-7-30(4)8-10-31)25(35)27(17,37)26(36)20(16)23(33)19(15)22(12)32/h5-6,17,21,32-33,35,37H,7-11,28H2,1-4H3/b29-14+/t17-,21+,27+/m0/s1. The molecule has 196 valence electrons. The first-order valence-corrected chi connectivity index (χ1v) is 12.4. The smallest absolute Gasteiger partial charge is 0.206 e. The van der Waals surface area contributed by atoms with E-state index in [9.17, 15) is 30.0 Å². The Labute approximate surface area is 214 Å². The minimum absolute atomic E-state index is 0.0273. The summed E-state index contributed by atoms with van der Waals surface area (Å²) in [5, 5.41) is 51.9. The normalized spacial score (nSPS) is 27.1. The third kappa shape index (κ3) is 3.47. The molecule has 0 spiro atoms. The average Bonchev–Trinajstić information content (AvgIpc) is 2.85. The number of piperazine rings is 1. The van der Waals surface area contributed by atoms with Crippen LogP contribution in [0.25, 0.3) is 10.8 Å². The van der Waals surface area contributed by atoms with Gasteiger partial charge in [-0.05, 0) is 56.3 Å². The lowest BCUT2D eigenvalue weighted by Crippen LogP contribution is -2.63. The SMILES string of the molecule is C/C(=N\N1CCN(C)CC1)C1=C(O)[C@@]2(O)C(=O)c3c(c(C)c4ccc(C)c(O)c4c3O)C[C@H]2[C@@H](N)C1=O. The number of aliphatic hydroxyl groups is 2. The van der Waals surface area contributed by atoms with Crippen LogP contribution in [0.2, 0.25) is 0 Å². The van der Waals surface area contributed by atoms with Gasteiger partial charge in [0, 0.05) is 32.1 Å². The van der Waals surface area contributed by atoms with Gasteiger partial charge in [-0.25, -0.2) is 0 Å². The molecule has 2 aliphatic carbocycles. The van der Waals surface area contributed by atoms with E-state index in [4.69, 9.17) is 5.73 Å². The third-order valence-corrected chi connectivity index (χ3v) is 8.26. The number of phenolic OH excluding ortho intramolecular Hbond substituents is 2. The van der Waals surface area contributed by atoms with Crippen LogP contribution in [0.4, 0.5) is 0 Å². The predicted octanol–water partition coefficient (Wildman–Crippen LogP) is 1.30. The first-order chi connectivity index (χ1) is 17.4. The lowest BCUT2D eigenvalue weighted by atomic mass is 9.61. The number of benzene rings is 2. The lowest BCUT2D eigenvalue weighted by Gasteiger charge is -2.45. The molecule has 37 heavy (non-hydrogen) atoms. The molecule has 1 saturated heterocycles. The highest BCUT2D eigenvalue weighted by molar-refractivity contribution is 6.26. The minimum Gasteiger partial charge on any atom is -0.508 e. The van der Waals surface area contributed by atoms with E-state index in [0.717, 1.165) is 13.1 Å². The lowest BCUT2D eigenvalue weighted by molar-refractivity contribution is -0.122. The molecule has 3 aliphatic rings. The molecular formula is C27H32N4O6. The number of rotatable bonds is 2. The van der Waals surface area contributed by atoms with Crippen molar-refractivity contribution in [3.8, 4) is 11.5 Å². The number of nitrogens with zero attached hydrogens (tertiary/aromatic N) is 3. The van der Waals surface area contributed by atoms with Gasteiger partial charge in [-0.3, -0.25) is 14.6 Å². The largest absolute Gasteiger partial charge is 0.508 e. The van der Waals surface area contributed by atoms with Gasteiger partial charge in [0.1, 0.15) is 17.3 Å². The number of ketones is 2. The maximum atomic E-state index is 13.9. The Kier molecular flexibility index (Phi) is 5.82. The Balaban J connectivity index is 1.69. The summed E-state index contributed by atoms with van der Waals surface area (Å²) in [5.41, 5.74) is 5.04. The van der Waals surface area contributed by atoms with Crippen LogP contribution in [0.5, 0.6) is 11.5 Å². The number of Topliss-reactive ketones (excluding diaryl/α,β-unsaturated/α-hetero) is 2. The van der Waals surface area contributed by atoms with Crippen molar-refractivity contribution >= 4 is 28.1 Å². The molecule has 1 heterocycles. The number of carbonyl (C=O) groups excluding carboxylic acids is 2. The van der Waals surface area contributed by atoms with Crippen LogP contribution in [0.15, 0.2) is 28.6 Å². The number of likely N-dealkylation sites (N-methyl/N-ethyl adjacent to an activating group) is 1. The Morgan fingerprint density at radius 2 is 1.73 bits per heavy atom. The fourth-order valence-corrected chi connectivity index (χ4v) is 5.93. The van der Waals surface area contributed by atoms with E-state index in [1.807, 2.05) is 7.05 Å². The highest BCUT2D eigenvalue weighted by Crippen LogP contribution is 2.50. The molecule has 3 atom stereocenters. The van der Waals surface area contributed by atoms with Gasteiger partial charge in [-0.2, -0.15) is 5.10 Å². The van der Waals surface area contributed by atoms with Crippen molar-refractivity contribution in [3.05, 3.63) is 45.7 Å². The first-order valence-electron chi connectivity index (χ1n) is 12.4. The number of hydrogen-bond acceptors (Lipinski definition) is 10. The highest BCUT2D eigenvalue weighted by atomic mass is 16.3. The van der Waals surface area contributed by atoms with Crippen molar-refractivity contribution in [1.82, 2.24) is 9.91 Å². The Hall–Kier alpha value is -3.47. The number of aromatic hydroxyl groups is 2. The van der Waals surface area contributed by atoms with Crippen molar-refractivity contribution in [1.29, 1.82) is 0 Å². The molecule has 0 unspecified atom stereocenters. The van der Waals surface area contributed by atoms with E-state index in [0.29, 0.717) is 35.2 Å². The second kappa shape index (κ2) is 8.54. The number of aryl methyl sites for hydroxylation is 2. The summed E-state index contributed by atoms with van der Waals surface area (Å²) >= 11 is 0. The molecule has 1 fully saturated rings. The molecule has 2 aromatic rings. The zero-order chi connectivity index (χ0) is 27.0. The van der Waals surface area contributed by atoms with Crippen LogP contribution in [0.1, 0.15) is 34.0 Å². The van der Waals surface area contributed by atoms with E-state index in [1.54, 1.807) is 31.0 Å². The van der Waals surface area contributed by atoms with Crippen molar-refractivity contribution in [2.24, 2.45) is 16.8 Å². The van der Waals surface area contributed by atoms with Crippen molar-refractivity contribution in [2.75, 3.05) is 33.2 Å². The van der Waals surface area contributed by atoms with Gasteiger partial charge in [0.05, 0.1) is 28.3 Å². The second-order valence-electron chi connectivity index (χ2n) is 10.4. The van der Waals surface area contributed by atoms with Gasteiger partial charge < -0.3 is 31.1 Å². The molecular weight excluding hydrogens is 476 g/mol. The predicted molar refractivity (Wildman–Crippen MR) is 138 cm³/mol. The van der Waals surface area contributed by atoms with E-state index >= 15 is 0 Å². The van der Waals surface area contributed by atoms with Crippen LogP contribution >= 0.6 is 0 Å². The topological polar surface area (TPSA) is 160 Å². The quantitative estimate of drug-likeness (QED) is 0.377. The van der Waals surface area contributed by atoms with Crippen LogP contribution < -0.4 is 5.73 Å². The number of phenols is 2. The fraction of sp³-hybridized carbons (Fsp3) is 0.444. The summed E-state index contributed by atoms with van der Waals surface area (Å²) in [5.74, 6) is -4.16. The number of nitrogens with two attached hydrogens (primary N) is 1. The molecule has 0 aromatic heterocycles. The second-order valence-corrected chi connectivity index (χ2v) is 10.4. The molecule has 1 aliphatic heterocycles. The average molecular weight is 509 g/mol. The summed E-state index contributed by atoms with van der Waals surface area (Å²) in [6.07, 6.45) is -0.0273. The van der Waals surface area contributed by atoms with Gasteiger partial charge >= 0.3 is 0 Å². The number of hydrogen-bond donors (Lipinski definition) is 5. The first kappa shape index (κ1) is 25.2. The van der Waals surface area contributed by atoms with Crippen LogP contribution in [-0.4, -0.2) is 92.5 Å². The van der Waals surface area contributed by atoms with Crippen molar-refractivity contribution in [2.45, 2.75) is 38.8 Å². The zero-order valence-electron chi connectivity index (χ0n) is 21.4. The van der Waals surface area contributed by atoms with E-state index in [2.05, 4.69) is 10.0 Å². The van der Waals surface area contributed by atoms with Crippen molar-refractivity contribution < 1.29 is 30.0 Å². The third-order valence-electron chi connectivity index (χ3n) is 8.26. The molecule has 5 rings (SSSR count). The van der Waals surface area contributed by atoms with E-state index in [1.165, 1.54) is 6.92 Å². The zero-order valence-corrected chi connectivity index (χ0v) is 21.4. The highest BCUT2D eigenvalue weighted by Gasteiger charge is 2.60. The summed E-state index contributed by atoms with van der Waals surface area (Å²) in [6, 6.07) is 2.16. The number of fused-ring (bicyclic) bond motifs is 3. The molecule has 0 amide bonds. The summed E-state index contributed by atoms with van der Waals surface area (Å²) < 4.78 is 0. The Morgan fingerprint density at radius 3 is 2.38 bits per heavy atom. The molecule has 0 bridgehead atoms. The molecule has 6 N–H and O–H groups in total. The monoisotopic (exact) mass is 508 g/mol. The van der Waals surface area contributed by atoms with E-state index < -0.39 is 40.6 Å². The fourth-order valence-electron chi connectivity index (χ4n) is 5.93. The molecule has 10 nitrogen and oxygen atoms in total. The number of aliphatic hydroxyl groups excluding tert-OH is 1. The summed E-state index contributed by atoms with van der Waals surface area (Å²) in [7, 11) is 2.00. The van der Waals surface area contributed by atoms with Gasteiger partial charge in [-0.15, -0.1) is 0 Å². The maximum absolute atomic E-state index is 13.9. The van der Waals surface area contributed by atoms with Gasteiger partial charge in [0.25, 0.3) is 0 Å². The molecule has 10 heteroatoms. The Bertz CT molecular complexity index is 1420. The van der Waals surface area contributed by atoms with Crippen LogP contribution in [0.3, 0.4) is 0 Å². The van der Waals surface area contributed by atoms with E-state index in [-0.39, 0.29) is 34.4 Å². The summed E-state index contributed by atoms with van der Waals surface area (Å²) in [4.78, 5) is 29.5. The number of carbonyl (C=O) groups is 2. The number of hydrazone groups is 1. The van der Waals surface area contributed by atoms with Crippen molar-refractivity contribution in [3.63, 3.8) is 0 Å². The minimum atomic E-state index is -2.54. The molecule has 0 saturated carbocycles. The van der Waals surface area contributed by atoms with Gasteiger partial charge in [-0.1, -0.05) is 12.1 Å². The summed E-state index contributed by atoms with van der Waals surface area (Å²) in [6.45, 7) is 7.73. The maximum Gasteiger partial charge on any atom is 0.206 e. The Morgan fingerprint density at radius 1 is 1.08 bits per heavy atom. The molecule has 2 aromatic carbocycles. The van der Waals surface area contributed by atoms with Gasteiger partial charge in [0.15, 0.2) is 11.4 Å². The molecule has 0 radical (unpaired) electrons.